The van der Waals surface area contributed by atoms with Crippen molar-refractivity contribution in [1.82, 2.24) is 0 Å². The first kappa shape index (κ1) is 24.4. The summed E-state index contributed by atoms with van der Waals surface area (Å²) in [7, 11) is 0. The fraction of sp³-hybridized carbons (Fsp3) is 0.810. The Morgan fingerprint density at radius 3 is 2.48 bits per heavy atom. The molecular formula is C21H36O8. The molecule has 0 amide bonds. The van der Waals surface area contributed by atoms with Crippen LogP contribution in [0.1, 0.15) is 53.4 Å². The Labute approximate surface area is 172 Å². The summed E-state index contributed by atoms with van der Waals surface area (Å²) in [6.45, 7) is 10.8. The summed E-state index contributed by atoms with van der Waals surface area (Å²) in [5, 5.41) is 49.7. The van der Waals surface area contributed by atoms with Crippen molar-refractivity contribution < 1.29 is 40.0 Å². The molecule has 29 heavy (non-hydrogen) atoms. The molecule has 5 N–H and O–H groups in total. The van der Waals surface area contributed by atoms with Crippen LogP contribution in [0.15, 0.2) is 24.3 Å². The summed E-state index contributed by atoms with van der Waals surface area (Å²) >= 11 is 0. The molecule has 0 aromatic rings. The second kappa shape index (κ2) is 9.53. The molecule has 1 saturated heterocycles. The zero-order chi connectivity index (χ0) is 22.0. The van der Waals surface area contributed by atoms with Gasteiger partial charge in [0.1, 0.15) is 23.9 Å². The van der Waals surface area contributed by atoms with Gasteiger partial charge in [0.2, 0.25) is 0 Å². The van der Waals surface area contributed by atoms with Crippen LogP contribution in [0.5, 0.6) is 0 Å². The van der Waals surface area contributed by atoms with E-state index in [2.05, 4.69) is 11.5 Å². The average Bonchev–Trinajstić information content (AvgIpc) is 2.69. The molecule has 8 nitrogen and oxygen atoms in total. The number of ether oxygens (including phenoxy) is 2. The molecule has 8 heteroatoms. The minimum absolute atomic E-state index is 0.113. The van der Waals surface area contributed by atoms with E-state index >= 15 is 0 Å². The highest BCUT2D eigenvalue weighted by molar-refractivity contribution is 5.11. The van der Waals surface area contributed by atoms with Crippen molar-refractivity contribution in [3.05, 3.63) is 24.3 Å². The first-order chi connectivity index (χ1) is 13.4. The lowest BCUT2D eigenvalue weighted by atomic mass is 9.75. The third-order valence-electron chi connectivity index (χ3n) is 6.30. The van der Waals surface area contributed by atoms with Crippen molar-refractivity contribution in [2.75, 3.05) is 0 Å². The topological polar surface area (TPSA) is 129 Å². The van der Waals surface area contributed by atoms with Gasteiger partial charge < -0.3 is 29.9 Å². The van der Waals surface area contributed by atoms with Crippen LogP contribution in [0, 0.1) is 5.92 Å². The van der Waals surface area contributed by atoms with Crippen LogP contribution in [-0.2, 0) is 14.4 Å². The van der Waals surface area contributed by atoms with E-state index in [4.69, 9.17) is 14.7 Å². The number of aliphatic hydroxyl groups is 4. The molecule has 0 radical (unpaired) electrons. The van der Waals surface area contributed by atoms with Crippen LogP contribution in [0.25, 0.3) is 0 Å². The van der Waals surface area contributed by atoms with Crippen molar-refractivity contribution >= 4 is 0 Å². The number of rotatable bonds is 8. The van der Waals surface area contributed by atoms with Gasteiger partial charge in [-0.05, 0) is 53.4 Å². The predicted octanol–water partition coefficient (Wildman–Crippen LogP) is 1.52. The van der Waals surface area contributed by atoms with E-state index < -0.39 is 48.0 Å². The lowest BCUT2D eigenvalue weighted by Crippen LogP contribution is -2.59. The Kier molecular flexibility index (Phi) is 8.03. The lowest BCUT2D eigenvalue weighted by Gasteiger charge is -2.46. The summed E-state index contributed by atoms with van der Waals surface area (Å²) in [5.41, 5.74) is -0.976. The molecule has 1 fully saturated rings. The Hall–Kier alpha value is -0.840. The molecule has 168 valence electrons. The van der Waals surface area contributed by atoms with Gasteiger partial charge >= 0.3 is 0 Å². The van der Waals surface area contributed by atoms with Gasteiger partial charge in [-0.1, -0.05) is 24.3 Å². The van der Waals surface area contributed by atoms with Crippen LogP contribution in [0.3, 0.4) is 0 Å². The van der Waals surface area contributed by atoms with E-state index in [1.807, 2.05) is 13.0 Å². The molecule has 9 atom stereocenters. The van der Waals surface area contributed by atoms with Crippen molar-refractivity contribution in [3.63, 3.8) is 0 Å². The quantitative estimate of drug-likeness (QED) is 0.229. The molecule has 0 saturated carbocycles. The maximum Gasteiger partial charge on any atom is 0.187 e. The highest BCUT2D eigenvalue weighted by atomic mass is 17.1. The van der Waals surface area contributed by atoms with E-state index in [0.29, 0.717) is 31.3 Å². The van der Waals surface area contributed by atoms with Crippen molar-refractivity contribution in [1.29, 1.82) is 0 Å². The molecule has 2 unspecified atom stereocenters. The number of aliphatic hydroxyl groups excluding tert-OH is 4. The highest BCUT2D eigenvalue weighted by Crippen LogP contribution is 2.40. The van der Waals surface area contributed by atoms with Crippen molar-refractivity contribution in [3.8, 4) is 0 Å². The monoisotopic (exact) mass is 416 g/mol. The molecule has 1 heterocycles. The number of hydrogen-bond acceptors (Lipinski definition) is 8. The Bertz CT molecular complexity index is 595. The van der Waals surface area contributed by atoms with Crippen LogP contribution in [0.4, 0.5) is 0 Å². The summed E-state index contributed by atoms with van der Waals surface area (Å²) < 4.78 is 11.8. The number of hydrogen-bond donors (Lipinski definition) is 5. The van der Waals surface area contributed by atoms with Crippen LogP contribution < -0.4 is 0 Å². The SMILES string of the molecule is C=C(C)C(O)CC[C@](C)(O[C@@H]1O[C@H](C)[C@H](O)[C@H](O)[C@H]1O)[C@@H]1C=CC(C)(OO)CC1. The minimum atomic E-state index is -1.41. The smallest absolute Gasteiger partial charge is 0.187 e. The molecule has 2 rings (SSSR count). The summed E-state index contributed by atoms with van der Waals surface area (Å²) in [5.74, 6) is -0.113. The molecule has 0 aromatic carbocycles. The zero-order valence-corrected chi connectivity index (χ0v) is 17.7. The molecule has 0 aromatic heterocycles. The molecular weight excluding hydrogens is 380 g/mol. The predicted molar refractivity (Wildman–Crippen MR) is 106 cm³/mol. The van der Waals surface area contributed by atoms with E-state index in [1.165, 1.54) is 0 Å². The van der Waals surface area contributed by atoms with Gasteiger partial charge in [0.15, 0.2) is 6.29 Å². The zero-order valence-electron chi connectivity index (χ0n) is 17.7. The van der Waals surface area contributed by atoms with Gasteiger partial charge in [-0.25, -0.2) is 4.89 Å². The third kappa shape index (κ3) is 5.65. The largest absolute Gasteiger partial charge is 0.389 e. The fourth-order valence-corrected chi connectivity index (χ4v) is 3.90. The Morgan fingerprint density at radius 1 is 1.31 bits per heavy atom. The summed E-state index contributed by atoms with van der Waals surface area (Å²) in [4.78, 5) is 4.57. The van der Waals surface area contributed by atoms with Gasteiger partial charge in [-0.2, -0.15) is 0 Å². The molecule has 0 bridgehead atoms. The van der Waals surface area contributed by atoms with Crippen LogP contribution in [0.2, 0.25) is 0 Å². The third-order valence-corrected chi connectivity index (χ3v) is 6.30. The van der Waals surface area contributed by atoms with Crippen molar-refractivity contribution in [2.45, 2.75) is 101 Å². The highest BCUT2D eigenvalue weighted by Gasteiger charge is 2.47. The minimum Gasteiger partial charge on any atom is -0.389 e. The Balaban J connectivity index is 2.22. The molecule has 0 spiro atoms. The summed E-state index contributed by atoms with van der Waals surface area (Å²) in [6, 6.07) is 0. The van der Waals surface area contributed by atoms with Gasteiger partial charge in [0.25, 0.3) is 0 Å². The standard InChI is InChI=1S/C21H36O8/c1-12(2)15(22)8-11-21(5,14-6-9-20(4,29-26)10-7-14)28-19-18(25)17(24)16(23)13(3)27-19/h6,9,13-19,22-26H,1,7-8,10-11H2,2-5H3/t13-,14-,15?,16+,17+,18-,19+,20?,21+/m1/s1. The van der Waals surface area contributed by atoms with Gasteiger partial charge in [-0.15, -0.1) is 0 Å². The van der Waals surface area contributed by atoms with Gasteiger partial charge in [0, 0.05) is 5.92 Å². The second-order valence-electron chi connectivity index (χ2n) is 8.92. The van der Waals surface area contributed by atoms with Gasteiger partial charge in [-0.3, -0.25) is 5.26 Å². The first-order valence-electron chi connectivity index (χ1n) is 10.2. The maximum atomic E-state index is 10.4. The van der Waals surface area contributed by atoms with E-state index in [9.17, 15) is 20.4 Å². The maximum absolute atomic E-state index is 10.4. The molecule has 1 aliphatic carbocycles. The van der Waals surface area contributed by atoms with Gasteiger partial charge in [0.05, 0.1) is 17.8 Å². The van der Waals surface area contributed by atoms with E-state index in [1.54, 1.807) is 26.8 Å². The second-order valence-corrected chi connectivity index (χ2v) is 8.92. The first-order valence-corrected chi connectivity index (χ1v) is 10.2. The van der Waals surface area contributed by atoms with Crippen LogP contribution in [-0.4, -0.2) is 73.7 Å². The van der Waals surface area contributed by atoms with Crippen molar-refractivity contribution in [2.24, 2.45) is 5.92 Å². The average molecular weight is 417 g/mol. The van der Waals surface area contributed by atoms with E-state index in [-0.39, 0.29) is 5.92 Å². The normalized spacial score (nSPS) is 41.0. The van der Waals surface area contributed by atoms with Crippen LogP contribution >= 0.6 is 0 Å². The molecule has 2 aliphatic rings. The lowest BCUT2D eigenvalue weighted by molar-refractivity contribution is -0.327. The van der Waals surface area contributed by atoms with E-state index in [0.717, 1.165) is 0 Å². The Morgan fingerprint density at radius 2 is 1.97 bits per heavy atom. The molecule has 1 aliphatic heterocycles. The fourth-order valence-electron chi connectivity index (χ4n) is 3.90. The summed E-state index contributed by atoms with van der Waals surface area (Å²) in [6.07, 6.45) is -0.850.